The second-order valence-corrected chi connectivity index (χ2v) is 12.9. The first-order valence-corrected chi connectivity index (χ1v) is 14.2. The Kier molecular flexibility index (Phi) is 3.76. The van der Waals surface area contributed by atoms with E-state index in [9.17, 15) is 0 Å². The average molecular weight is 406 g/mol. The summed E-state index contributed by atoms with van der Waals surface area (Å²) < 4.78 is 6.59. The van der Waals surface area contributed by atoms with Crippen molar-refractivity contribution in [3.05, 3.63) is 54.1 Å². The zero-order valence-corrected chi connectivity index (χ0v) is 13.5. The zero-order chi connectivity index (χ0) is 11.5. The Morgan fingerprint density at radius 1 is 0.812 bits per heavy atom. The quantitative estimate of drug-likeness (QED) is 0.669. The molecule has 0 bridgehead atoms. The molecule has 0 spiro atoms. The Labute approximate surface area is 106 Å². The fourth-order valence-corrected chi connectivity index (χ4v) is 7.80. The van der Waals surface area contributed by atoms with Crippen molar-refractivity contribution in [3.8, 4) is 11.1 Å². The molecule has 0 saturated carbocycles. The summed E-state index contributed by atoms with van der Waals surface area (Å²) in [6, 6.07) is 17.4. The van der Waals surface area contributed by atoms with Crippen molar-refractivity contribution in [2.45, 2.75) is 16.2 Å². The number of rotatable bonds is 2. The molecule has 2 aromatic carbocycles. The van der Waals surface area contributed by atoms with E-state index in [1.807, 2.05) is 0 Å². The van der Waals surface area contributed by atoms with Gasteiger partial charge >= 0.3 is 106 Å². The molecule has 0 fully saturated rings. The maximum absolute atomic E-state index is 2.46. The van der Waals surface area contributed by atoms with Gasteiger partial charge in [0.1, 0.15) is 0 Å². The molecule has 2 aromatic rings. The predicted octanol–water partition coefficient (Wildman–Crippen LogP) is 3.62. The standard InChI is InChI=1S/C13H11.2CH3.Bi/c1-11-6-5-9-13(10-11)12-7-3-2-4-8-12;;;/h2-9H,1H3;2*1H3;. The summed E-state index contributed by atoms with van der Waals surface area (Å²) in [5.74, 6) is 0. The van der Waals surface area contributed by atoms with Gasteiger partial charge in [-0.05, 0) is 0 Å². The van der Waals surface area contributed by atoms with Crippen LogP contribution in [0.2, 0.25) is 9.26 Å². The Hall–Kier alpha value is -0.677. The van der Waals surface area contributed by atoms with Crippen molar-refractivity contribution in [2.75, 3.05) is 0 Å². The predicted molar refractivity (Wildman–Crippen MR) is 73.7 cm³/mol. The van der Waals surface area contributed by atoms with E-state index in [2.05, 4.69) is 64.7 Å². The minimum absolute atomic E-state index is 1.37. The molecule has 0 aromatic heterocycles. The Balaban J connectivity index is 2.61. The van der Waals surface area contributed by atoms with Crippen molar-refractivity contribution in [2.24, 2.45) is 0 Å². The van der Waals surface area contributed by atoms with Crippen molar-refractivity contribution in [3.63, 3.8) is 0 Å². The number of hydrogen-bond donors (Lipinski definition) is 0. The molecule has 0 unspecified atom stereocenters. The van der Waals surface area contributed by atoms with Gasteiger partial charge in [0.15, 0.2) is 0 Å². The first kappa shape index (κ1) is 11.8. The molecular formula is C15H17Bi. The van der Waals surface area contributed by atoms with E-state index in [1.54, 1.807) is 3.27 Å². The van der Waals surface area contributed by atoms with Gasteiger partial charge in [0.05, 0.1) is 0 Å². The molecule has 0 heterocycles. The van der Waals surface area contributed by atoms with Gasteiger partial charge in [-0.3, -0.25) is 0 Å². The van der Waals surface area contributed by atoms with Gasteiger partial charge in [-0.1, -0.05) is 0 Å². The van der Waals surface area contributed by atoms with Crippen molar-refractivity contribution in [1.29, 1.82) is 0 Å². The fourth-order valence-electron chi connectivity index (χ4n) is 2.10. The number of benzene rings is 2. The van der Waals surface area contributed by atoms with E-state index in [0.717, 1.165) is 0 Å². The monoisotopic (exact) mass is 406 g/mol. The van der Waals surface area contributed by atoms with E-state index in [-0.39, 0.29) is 0 Å². The van der Waals surface area contributed by atoms with Crippen LogP contribution < -0.4 is 3.27 Å². The van der Waals surface area contributed by atoms with Crippen LogP contribution >= 0.6 is 0 Å². The minimum atomic E-state index is -1.40. The summed E-state index contributed by atoms with van der Waals surface area (Å²) >= 11 is -1.40. The zero-order valence-electron chi connectivity index (χ0n) is 10.1. The van der Waals surface area contributed by atoms with Gasteiger partial charge < -0.3 is 0 Å². The third-order valence-electron chi connectivity index (χ3n) is 2.77. The van der Waals surface area contributed by atoms with E-state index in [1.165, 1.54) is 16.7 Å². The first-order chi connectivity index (χ1) is 7.70. The van der Waals surface area contributed by atoms with Gasteiger partial charge in [0.2, 0.25) is 0 Å². The Morgan fingerprint density at radius 3 is 2.12 bits per heavy atom. The molecular weight excluding hydrogens is 389 g/mol. The van der Waals surface area contributed by atoms with Gasteiger partial charge in [-0.2, -0.15) is 0 Å². The van der Waals surface area contributed by atoms with Crippen LogP contribution in [0.15, 0.2) is 48.5 Å². The Bertz CT molecular complexity index is 472. The van der Waals surface area contributed by atoms with Crippen LogP contribution in [0.3, 0.4) is 0 Å². The Morgan fingerprint density at radius 2 is 1.50 bits per heavy atom. The van der Waals surface area contributed by atoms with Crippen LogP contribution in [0.5, 0.6) is 0 Å². The van der Waals surface area contributed by atoms with Crippen LogP contribution in [-0.2, 0) is 0 Å². The van der Waals surface area contributed by atoms with Gasteiger partial charge in [0.25, 0.3) is 0 Å². The second kappa shape index (κ2) is 5.10. The third-order valence-corrected chi connectivity index (χ3v) is 8.55. The first-order valence-electron chi connectivity index (χ1n) is 5.52. The molecule has 0 aliphatic carbocycles. The van der Waals surface area contributed by atoms with Crippen LogP contribution in [0.4, 0.5) is 0 Å². The van der Waals surface area contributed by atoms with Crippen LogP contribution in [0, 0.1) is 6.92 Å². The summed E-state index contributed by atoms with van der Waals surface area (Å²) in [7, 11) is 0. The van der Waals surface area contributed by atoms with Crippen molar-refractivity contribution >= 4 is 25.0 Å². The summed E-state index contributed by atoms with van der Waals surface area (Å²) in [5.41, 5.74) is 4.30. The summed E-state index contributed by atoms with van der Waals surface area (Å²) in [5, 5.41) is 0. The fraction of sp³-hybridized carbons (Fsp3) is 0.200. The van der Waals surface area contributed by atoms with Crippen LogP contribution in [-0.4, -0.2) is 21.8 Å². The molecule has 0 amide bonds. The summed E-state index contributed by atoms with van der Waals surface area (Å²) in [6.45, 7) is 2.25. The van der Waals surface area contributed by atoms with Gasteiger partial charge in [-0.15, -0.1) is 0 Å². The average Bonchev–Trinajstić information content (AvgIpc) is 2.29. The van der Waals surface area contributed by atoms with Gasteiger partial charge in [0, 0.05) is 0 Å². The molecule has 2 rings (SSSR count). The molecule has 0 atom stereocenters. The molecule has 0 saturated heterocycles. The molecule has 0 nitrogen and oxygen atoms in total. The SMILES string of the molecule is Cc1cccc(-c2ccccc2)[c]1[Bi]([CH3])[CH3]. The molecule has 0 aliphatic heterocycles. The van der Waals surface area contributed by atoms with Crippen LogP contribution in [0.1, 0.15) is 5.56 Å². The van der Waals surface area contributed by atoms with E-state index in [0.29, 0.717) is 0 Å². The van der Waals surface area contributed by atoms with Crippen molar-refractivity contribution in [1.82, 2.24) is 0 Å². The number of hydrogen-bond acceptors (Lipinski definition) is 0. The molecule has 16 heavy (non-hydrogen) atoms. The third kappa shape index (κ3) is 2.35. The maximum atomic E-state index is 2.46. The molecule has 0 N–H and O–H groups in total. The van der Waals surface area contributed by atoms with Gasteiger partial charge in [-0.25, -0.2) is 0 Å². The van der Waals surface area contributed by atoms with E-state index in [4.69, 9.17) is 0 Å². The van der Waals surface area contributed by atoms with E-state index >= 15 is 0 Å². The van der Waals surface area contributed by atoms with Crippen LogP contribution in [0.25, 0.3) is 11.1 Å². The topological polar surface area (TPSA) is 0 Å². The number of aryl methyl sites for hydroxylation is 1. The second-order valence-electron chi connectivity index (χ2n) is 4.23. The molecule has 1 heteroatoms. The summed E-state index contributed by atoms with van der Waals surface area (Å²) in [4.78, 5) is 0. The van der Waals surface area contributed by atoms with Crippen molar-refractivity contribution < 1.29 is 0 Å². The molecule has 82 valence electrons. The summed E-state index contributed by atoms with van der Waals surface area (Å²) in [6.07, 6.45) is 0. The molecule has 0 aliphatic rings. The molecule has 0 radical (unpaired) electrons. The normalized spacial score (nSPS) is 10.8. The van der Waals surface area contributed by atoms with E-state index < -0.39 is 21.8 Å².